The molecule has 0 amide bonds. The molecule has 3 N–H and O–H groups in total. The summed E-state index contributed by atoms with van der Waals surface area (Å²) in [7, 11) is 0. The summed E-state index contributed by atoms with van der Waals surface area (Å²) in [4.78, 5) is 0. The molecule has 1 aromatic carbocycles. The van der Waals surface area contributed by atoms with E-state index in [0.29, 0.717) is 11.1 Å². The zero-order valence-corrected chi connectivity index (χ0v) is 10.3. The Morgan fingerprint density at radius 1 is 1.44 bits per heavy atom. The van der Waals surface area contributed by atoms with Crippen molar-refractivity contribution in [1.82, 2.24) is 5.32 Å². The molecule has 0 radical (unpaired) electrons. The monoisotopic (exact) mass is 243 g/mol. The first-order valence-electron chi connectivity index (χ1n) is 5.43. The minimum absolute atomic E-state index is 0.00540. The molecule has 2 atom stereocenters. The van der Waals surface area contributed by atoms with Crippen LogP contribution < -0.4 is 5.32 Å². The lowest BCUT2D eigenvalue weighted by atomic mass is 10.1. The largest absolute Gasteiger partial charge is 0.506 e. The van der Waals surface area contributed by atoms with Gasteiger partial charge in [-0.1, -0.05) is 24.6 Å². The van der Waals surface area contributed by atoms with Crippen LogP contribution in [0.3, 0.4) is 0 Å². The lowest BCUT2D eigenvalue weighted by Gasteiger charge is -2.21. The maximum Gasteiger partial charge on any atom is 0.134 e. The van der Waals surface area contributed by atoms with Crippen molar-refractivity contribution >= 4 is 11.6 Å². The number of phenolic OH excluding ortho intramolecular Hbond substituents is 1. The summed E-state index contributed by atoms with van der Waals surface area (Å²) in [6.45, 7) is 4.14. The van der Waals surface area contributed by atoms with Gasteiger partial charge in [-0.2, -0.15) is 0 Å². The summed E-state index contributed by atoms with van der Waals surface area (Å²) in [5.74, 6) is 0.0608. The Morgan fingerprint density at radius 3 is 2.62 bits per heavy atom. The van der Waals surface area contributed by atoms with Gasteiger partial charge in [0.15, 0.2) is 0 Å². The highest BCUT2D eigenvalue weighted by Crippen LogP contribution is 2.26. The number of hydrogen-bond donors (Lipinski definition) is 3. The van der Waals surface area contributed by atoms with Gasteiger partial charge in [-0.3, -0.25) is 0 Å². The van der Waals surface area contributed by atoms with Crippen LogP contribution in [0.4, 0.5) is 0 Å². The summed E-state index contributed by atoms with van der Waals surface area (Å²) >= 11 is 5.83. The Labute approximate surface area is 101 Å². The summed E-state index contributed by atoms with van der Waals surface area (Å²) in [5, 5.41) is 22.2. The lowest BCUT2D eigenvalue weighted by molar-refractivity contribution is 0.234. The van der Waals surface area contributed by atoms with Crippen molar-refractivity contribution in [3.8, 4) is 5.75 Å². The van der Waals surface area contributed by atoms with Gasteiger partial charge in [-0.15, -0.1) is 0 Å². The van der Waals surface area contributed by atoms with E-state index in [1.54, 1.807) is 18.2 Å². The molecule has 0 bridgehead atoms. The molecule has 1 aromatic rings. The molecule has 90 valence electrons. The third-order valence-electron chi connectivity index (χ3n) is 2.65. The number of hydrogen-bond acceptors (Lipinski definition) is 3. The lowest BCUT2D eigenvalue weighted by Crippen LogP contribution is -2.32. The Morgan fingerprint density at radius 2 is 2.12 bits per heavy atom. The van der Waals surface area contributed by atoms with Gasteiger partial charge in [0, 0.05) is 6.04 Å². The van der Waals surface area contributed by atoms with Gasteiger partial charge >= 0.3 is 0 Å². The third kappa shape index (κ3) is 3.37. The first-order valence-corrected chi connectivity index (χ1v) is 5.81. The standard InChI is InChI=1S/C12H18ClNO2/c1-3-8(2)14-11(7-15)9-4-5-12(16)10(13)6-9/h4-6,8,11,14-16H,3,7H2,1-2H3. The number of rotatable bonds is 5. The quantitative estimate of drug-likeness (QED) is 0.745. The molecule has 0 saturated heterocycles. The van der Waals surface area contributed by atoms with Crippen molar-refractivity contribution in [3.63, 3.8) is 0 Å². The Hall–Kier alpha value is -0.770. The molecular formula is C12H18ClNO2. The molecule has 0 heterocycles. The second-order valence-electron chi connectivity index (χ2n) is 3.92. The predicted octanol–water partition coefficient (Wildman–Crippen LogP) is 2.47. The molecule has 0 aliphatic heterocycles. The molecule has 4 heteroatoms. The van der Waals surface area contributed by atoms with Crippen molar-refractivity contribution in [3.05, 3.63) is 28.8 Å². The van der Waals surface area contributed by atoms with Crippen LogP contribution in [-0.2, 0) is 0 Å². The summed E-state index contributed by atoms with van der Waals surface area (Å²) in [6.07, 6.45) is 0.988. The minimum Gasteiger partial charge on any atom is -0.506 e. The van der Waals surface area contributed by atoms with E-state index in [0.717, 1.165) is 12.0 Å². The third-order valence-corrected chi connectivity index (χ3v) is 2.96. The van der Waals surface area contributed by atoms with Gasteiger partial charge in [-0.05, 0) is 31.0 Å². The predicted molar refractivity (Wildman–Crippen MR) is 65.8 cm³/mol. The zero-order chi connectivity index (χ0) is 12.1. The van der Waals surface area contributed by atoms with E-state index in [1.807, 2.05) is 0 Å². The van der Waals surface area contributed by atoms with Gasteiger partial charge in [0.2, 0.25) is 0 Å². The van der Waals surface area contributed by atoms with Crippen LogP contribution in [0.1, 0.15) is 31.9 Å². The normalized spacial score (nSPS) is 14.8. The number of halogens is 1. The fourth-order valence-electron chi connectivity index (χ4n) is 1.46. The van der Waals surface area contributed by atoms with E-state index >= 15 is 0 Å². The van der Waals surface area contributed by atoms with Crippen LogP contribution in [0.5, 0.6) is 5.75 Å². The highest BCUT2D eigenvalue weighted by molar-refractivity contribution is 6.32. The van der Waals surface area contributed by atoms with Crippen molar-refractivity contribution in [1.29, 1.82) is 0 Å². The average molecular weight is 244 g/mol. The molecule has 0 aromatic heterocycles. The highest BCUT2D eigenvalue weighted by Gasteiger charge is 2.13. The van der Waals surface area contributed by atoms with Crippen molar-refractivity contribution in [2.24, 2.45) is 0 Å². The SMILES string of the molecule is CCC(C)NC(CO)c1ccc(O)c(Cl)c1. The smallest absolute Gasteiger partial charge is 0.134 e. The molecule has 1 rings (SSSR count). The van der Waals surface area contributed by atoms with E-state index < -0.39 is 0 Å². The van der Waals surface area contributed by atoms with E-state index in [4.69, 9.17) is 11.6 Å². The van der Waals surface area contributed by atoms with E-state index in [9.17, 15) is 10.2 Å². The Balaban J connectivity index is 2.82. The fourth-order valence-corrected chi connectivity index (χ4v) is 1.64. The molecule has 0 spiro atoms. The van der Waals surface area contributed by atoms with Gasteiger partial charge in [0.05, 0.1) is 17.7 Å². The van der Waals surface area contributed by atoms with Crippen LogP contribution in [0.15, 0.2) is 18.2 Å². The number of aromatic hydroxyl groups is 1. The van der Waals surface area contributed by atoms with Gasteiger partial charge in [0.1, 0.15) is 5.75 Å². The van der Waals surface area contributed by atoms with Crippen molar-refractivity contribution in [2.75, 3.05) is 6.61 Å². The first kappa shape index (κ1) is 13.3. The molecule has 3 nitrogen and oxygen atoms in total. The molecule has 0 saturated carbocycles. The molecule has 0 aliphatic carbocycles. The van der Waals surface area contributed by atoms with Gasteiger partial charge in [-0.25, -0.2) is 0 Å². The zero-order valence-electron chi connectivity index (χ0n) is 9.57. The molecule has 2 unspecified atom stereocenters. The number of phenols is 1. The number of nitrogens with one attached hydrogen (secondary N) is 1. The van der Waals surface area contributed by atoms with Crippen LogP contribution in [-0.4, -0.2) is 22.9 Å². The second-order valence-corrected chi connectivity index (χ2v) is 4.33. The van der Waals surface area contributed by atoms with Crippen LogP contribution in [0, 0.1) is 0 Å². The fraction of sp³-hybridized carbons (Fsp3) is 0.500. The Kier molecular flexibility index (Phi) is 5.06. The number of benzene rings is 1. The maximum absolute atomic E-state index is 9.32. The topological polar surface area (TPSA) is 52.5 Å². The molecule has 0 aliphatic rings. The number of aliphatic hydroxyl groups is 1. The van der Waals surface area contributed by atoms with Crippen LogP contribution in [0.25, 0.3) is 0 Å². The van der Waals surface area contributed by atoms with Crippen molar-refractivity contribution in [2.45, 2.75) is 32.4 Å². The van der Waals surface area contributed by atoms with Crippen LogP contribution >= 0.6 is 11.6 Å². The van der Waals surface area contributed by atoms with E-state index in [2.05, 4.69) is 19.2 Å². The summed E-state index contributed by atoms with van der Waals surface area (Å²) in [5.41, 5.74) is 0.880. The summed E-state index contributed by atoms with van der Waals surface area (Å²) in [6, 6.07) is 5.15. The Bertz CT molecular complexity index is 344. The van der Waals surface area contributed by atoms with E-state index in [1.165, 1.54) is 0 Å². The van der Waals surface area contributed by atoms with Gasteiger partial charge < -0.3 is 15.5 Å². The first-order chi connectivity index (χ1) is 7.58. The molecular weight excluding hydrogens is 226 g/mol. The number of aliphatic hydroxyl groups excluding tert-OH is 1. The summed E-state index contributed by atoms with van der Waals surface area (Å²) < 4.78 is 0. The minimum atomic E-state index is -0.145. The second kappa shape index (κ2) is 6.09. The average Bonchev–Trinajstić information content (AvgIpc) is 2.29. The van der Waals surface area contributed by atoms with Crippen molar-refractivity contribution < 1.29 is 10.2 Å². The highest BCUT2D eigenvalue weighted by atomic mass is 35.5. The molecule has 0 fully saturated rings. The molecule has 16 heavy (non-hydrogen) atoms. The van der Waals surface area contributed by atoms with Crippen LogP contribution in [0.2, 0.25) is 5.02 Å². The van der Waals surface area contributed by atoms with Gasteiger partial charge in [0.25, 0.3) is 0 Å². The maximum atomic E-state index is 9.32. The van der Waals surface area contributed by atoms with E-state index in [-0.39, 0.29) is 18.4 Å².